The Morgan fingerprint density at radius 1 is 1.35 bits per heavy atom. The van der Waals surface area contributed by atoms with E-state index >= 15 is 0 Å². The van der Waals surface area contributed by atoms with Crippen LogP contribution in [0.4, 0.5) is 4.39 Å². The Morgan fingerprint density at radius 2 is 2.18 bits per heavy atom. The highest BCUT2D eigenvalue weighted by molar-refractivity contribution is 6.30. The molecule has 0 radical (unpaired) electrons. The Balaban J connectivity index is 2.46. The number of hydrogen-bond donors (Lipinski definition) is 2. The highest BCUT2D eigenvalue weighted by Gasteiger charge is 2.18. The van der Waals surface area contributed by atoms with Gasteiger partial charge in [0.2, 0.25) is 0 Å². The molecule has 88 valence electrons. The van der Waals surface area contributed by atoms with E-state index < -0.39 is 11.9 Å². The molecule has 0 aliphatic carbocycles. The molecule has 0 bridgehead atoms. The third kappa shape index (κ3) is 2.58. The largest absolute Gasteiger partial charge is 0.271 e. The van der Waals surface area contributed by atoms with Gasteiger partial charge in [0, 0.05) is 23.0 Å². The Hall–Kier alpha value is -1.56. The van der Waals surface area contributed by atoms with Crippen LogP contribution in [0, 0.1) is 5.82 Å². The maximum atomic E-state index is 13.7. The fraction of sp³-hybridized carbons (Fsp3) is 0.0909. The number of aromatic nitrogens is 2. The molecule has 1 atom stereocenters. The van der Waals surface area contributed by atoms with Gasteiger partial charge in [0.15, 0.2) is 0 Å². The van der Waals surface area contributed by atoms with Crippen LogP contribution >= 0.6 is 11.6 Å². The number of benzene rings is 1. The first-order valence-corrected chi connectivity index (χ1v) is 5.27. The minimum atomic E-state index is -0.581. The molecule has 1 aromatic heterocycles. The molecule has 0 spiro atoms. The third-order valence-electron chi connectivity index (χ3n) is 2.31. The van der Waals surface area contributed by atoms with Crippen molar-refractivity contribution in [1.29, 1.82) is 0 Å². The summed E-state index contributed by atoms with van der Waals surface area (Å²) in [6.45, 7) is 0. The Morgan fingerprint density at radius 3 is 2.82 bits per heavy atom. The van der Waals surface area contributed by atoms with Gasteiger partial charge in [-0.2, -0.15) is 0 Å². The molecule has 0 aliphatic rings. The number of nitrogens with one attached hydrogen (secondary N) is 1. The van der Waals surface area contributed by atoms with Gasteiger partial charge in [0.25, 0.3) is 0 Å². The second-order valence-electron chi connectivity index (χ2n) is 3.40. The third-order valence-corrected chi connectivity index (χ3v) is 2.55. The predicted molar refractivity (Wildman–Crippen MR) is 62.6 cm³/mol. The van der Waals surface area contributed by atoms with E-state index in [-0.39, 0.29) is 0 Å². The highest BCUT2D eigenvalue weighted by Crippen LogP contribution is 2.24. The SMILES string of the molecule is NNC(c1cnccn1)c1cc(Cl)ccc1F. The molecule has 0 fully saturated rings. The molecule has 3 N–H and O–H groups in total. The summed E-state index contributed by atoms with van der Waals surface area (Å²) in [5, 5.41) is 0.436. The van der Waals surface area contributed by atoms with Crippen molar-refractivity contribution in [3.8, 4) is 0 Å². The van der Waals surface area contributed by atoms with Crippen molar-refractivity contribution in [3.63, 3.8) is 0 Å². The van der Waals surface area contributed by atoms with Gasteiger partial charge >= 0.3 is 0 Å². The standard InChI is InChI=1S/C11H10ClFN4/c12-7-1-2-9(13)8(5-7)11(17-14)10-6-15-3-4-16-10/h1-6,11,17H,14H2. The summed E-state index contributed by atoms with van der Waals surface area (Å²) in [4.78, 5) is 8.00. The van der Waals surface area contributed by atoms with Crippen LogP contribution in [-0.2, 0) is 0 Å². The van der Waals surface area contributed by atoms with E-state index in [9.17, 15) is 4.39 Å². The van der Waals surface area contributed by atoms with Gasteiger partial charge in [-0.05, 0) is 18.2 Å². The zero-order valence-electron chi connectivity index (χ0n) is 8.77. The number of halogens is 2. The second kappa shape index (κ2) is 5.18. The number of hydrogen-bond acceptors (Lipinski definition) is 4. The molecule has 2 rings (SSSR count). The molecule has 0 amide bonds. The second-order valence-corrected chi connectivity index (χ2v) is 3.83. The average molecular weight is 253 g/mol. The van der Waals surface area contributed by atoms with Crippen LogP contribution in [-0.4, -0.2) is 9.97 Å². The van der Waals surface area contributed by atoms with Gasteiger partial charge in [0.1, 0.15) is 5.82 Å². The Labute approximate surface area is 103 Å². The summed E-state index contributed by atoms with van der Waals surface area (Å²) in [6.07, 6.45) is 4.57. The minimum Gasteiger partial charge on any atom is -0.271 e. The smallest absolute Gasteiger partial charge is 0.128 e. The van der Waals surface area contributed by atoms with Crippen molar-refractivity contribution in [2.45, 2.75) is 6.04 Å². The van der Waals surface area contributed by atoms with Crippen LogP contribution in [0.3, 0.4) is 0 Å². The minimum absolute atomic E-state index is 0.334. The molecule has 0 saturated carbocycles. The summed E-state index contributed by atoms with van der Waals surface area (Å²) in [6, 6.07) is 3.70. The lowest BCUT2D eigenvalue weighted by Crippen LogP contribution is -2.30. The van der Waals surface area contributed by atoms with Crippen molar-refractivity contribution in [3.05, 3.63) is 58.9 Å². The van der Waals surface area contributed by atoms with Crippen LogP contribution in [0.25, 0.3) is 0 Å². The summed E-state index contributed by atoms with van der Waals surface area (Å²) < 4.78 is 13.7. The molecule has 17 heavy (non-hydrogen) atoms. The lowest BCUT2D eigenvalue weighted by Gasteiger charge is -2.16. The van der Waals surface area contributed by atoms with Crippen LogP contribution in [0.15, 0.2) is 36.8 Å². The van der Waals surface area contributed by atoms with Gasteiger partial charge in [-0.25, -0.2) is 9.82 Å². The van der Waals surface area contributed by atoms with E-state index in [1.807, 2.05) is 0 Å². The maximum absolute atomic E-state index is 13.7. The van der Waals surface area contributed by atoms with Crippen molar-refractivity contribution in [1.82, 2.24) is 15.4 Å². The van der Waals surface area contributed by atoms with Crippen LogP contribution < -0.4 is 11.3 Å². The fourth-order valence-corrected chi connectivity index (χ4v) is 1.71. The van der Waals surface area contributed by atoms with E-state index in [1.54, 1.807) is 0 Å². The number of nitrogens with zero attached hydrogens (tertiary/aromatic N) is 2. The lowest BCUT2D eigenvalue weighted by molar-refractivity contribution is 0.552. The molecule has 4 nitrogen and oxygen atoms in total. The summed E-state index contributed by atoms with van der Waals surface area (Å²) in [5.41, 5.74) is 3.36. The van der Waals surface area contributed by atoms with Gasteiger partial charge in [0.05, 0.1) is 17.9 Å². The number of rotatable bonds is 3. The zero-order valence-corrected chi connectivity index (χ0v) is 9.53. The summed E-state index contributed by atoms with van der Waals surface area (Å²) >= 11 is 5.83. The first-order valence-electron chi connectivity index (χ1n) is 4.89. The van der Waals surface area contributed by atoms with Gasteiger partial charge < -0.3 is 0 Å². The monoisotopic (exact) mass is 252 g/mol. The van der Waals surface area contributed by atoms with E-state index in [4.69, 9.17) is 17.4 Å². The molecular weight excluding hydrogens is 243 g/mol. The first kappa shape index (κ1) is 11.9. The topological polar surface area (TPSA) is 63.8 Å². The molecule has 1 unspecified atom stereocenters. The molecule has 1 heterocycles. The van der Waals surface area contributed by atoms with E-state index in [1.165, 1.54) is 36.8 Å². The van der Waals surface area contributed by atoms with E-state index in [0.717, 1.165) is 0 Å². The molecular formula is C11H10ClFN4. The first-order chi connectivity index (χ1) is 8.22. The summed E-state index contributed by atoms with van der Waals surface area (Å²) in [7, 11) is 0. The molecule has 0 saturated heterocycles. The highest BCUT2D eigenvalue weighted by atomic mass is 35.5. The fourth-order valence-electron chi connectivity index (χ4n) is 1.53. The molecule has 0 aliphatic heterocycles. The molecule has 2 aromatic rings. The Bertz CT molecular complexity index is 506. The average Bonchev–Trinajstić information content (AvgIpc) is 2.36. The number of nitrogens with two attached hydrogens (primary N) is 1. The predicted octanol–water partition coefficient (Wildman–Crippen LogP) is 1.82. The molecule has 6 heteroatoms. The van der Waals surface area contributed by atoms with Gasteiger partial charge in [-0.1, -0.05) is 11.6 Å². The van der Waals surface area contributed by atoms with Gasteiger partial charge in [-0.3, -0.25) is 15.8 Å². The zero-order chi connectivity index (χ0) is 12.3. The molecule has 1 aromatic carbocycles. The van der Waals surface area contributed by atoms with Gasteiger partial charge in [-0.15, -0.1) is 0 Å². The number of hydrazine groups is 1. The normalized spacial score (nSPS) is 12.4. The van der Waals surface area contributed by atoms with Crippen molar-refractivity contribution in [2.24, 2.45) is 5.84 Å². The van der Waals surface area contributed by atoms with Crippen LogP contribution in [0.5, 0.6) is 0 Å². The quantitative estimate of drug-likeness (QED) is 0.646. The van der Waals surface area contributed by atoms with Crippen molar-refractivity contribution >= 4 is 11.6 Å². The van der Waals surface area contributed by atoms with Crippen molar-refractivity contribution < 1.29 is 4.39 Å². The van der Waals surface area contributed by atoms with Crippen molar-refractivity contribution in [2.75, 3.05) is 0 Å². The van der Waals surface area contributed by atoms with Crippen LogP contribution in [0.1, 0.15) is 17.3 Å². The Kier molecular flexibility index (Phi) is 3.63. The van der Waals surface area contributed by atoms with E-state index in [2.05, 4.69) is 15.4 Å². The maximum Gasteiger partial charge on any atom is 0.128 e. The summed E-state index contributed by atoms with van der Waals surface area (Å²) in [5.74, 6) is 5.03. The lowest BCUT2D eigenvalue weighted by atomic mass is 10.0. The van der Waals surface area contributed by atoms with Crippen LogP contribution in [0.2, 0.25) is 5.02 Å². The van der Waals surface area contributed by atoms with E-state index in [0.29, 0.717) is 16.3 Å².